The average Bonchev–Trinajstić information content (AvgIpc) is 3.09. The fourth-order valence-corrected chi connectivity index (χ4v) is 4.19. The summed E-state index contributed by atoms with van der Waals surface area (Å²) in [7, 11) is 2.77. The molecule has 1 saturated heterocycles. The zero-order valence-corrected chi connectivity index (χ0v) is 10.8. The van der Waals surface area contributed by atoms with Crippen molar-refractivity contribution in [2.75, 3.05) is 14.2 Å². The first-order valence-electron chi connectivity index (χ1n) is 6.62. The first-order chi connectivity index (χ1) is 8.66. The molecule has 5 heteroatoms. The Balaban J connectivity index is 1.95. The van der Waals surface area contributed by atoms with Crippen LogP contribution in [0.4, 0.5) is 4.79 Å². The van der Waals surface area contributed by atoms with Crippen molar-refractivity contribution in [3.8, 4) is 0 Å². The number of carbonyl (C=O) groups is 2. The van der Waals surface area contributed by atoms with E-state index >= 15 is 0 Å². The predicted molar refractivity (Wildman–Crippen MR) is 62.8 cm³/mol. The van der Waals surface area contributed by atoms with Gasteiger partial charge in [-0.05, 0) is 25.2 Å². The highest BCUT2D eigenvalue weighted by atomic mass is 16.6. The standard InChI is InChI=1S/C13H19NO4/c1-17-11(15)13-7-9(13)8-5-3-4-6-10(8)14(13)12(16)18-2/h8-10H,3-7H2,1-2H3/t8-,9-,10-,13-/m0/s1. The molecule has 18 heavy (non-hydrogen) atoms. The number of likely N-dealkylation sites (tertiary alicyclic amines) is 1. The third-order valence-corrected chi connectivity index (χ3v) is 4.95. The van der Waals surface area contributed by atoms with E-state index in [-0.39, 0.29) is 24.0 Å². The van der Waals surface area contributed by atoms with Gasteiger partial charge in [0.05, 0.1) is 14.2 Å². The van der Waals surface area contributed by atoms with E-state index < -0.39 is 5.54 Å². The van der Waals surface area contributed by atoms with E-state index in [2.05, 4.69) is 0 Å². The summed E-state index contributed by atoms with van der Waals surface area (Å²) in [5.41, 5.74) is -0.707. The molecule has 1 amide bonds. The molecule has 0 spiro atoms. The number of rotatable bonds is 1. The van der Waals surface area contributed by atoms with Gasteiger partial charge in [-0.1, -0.05) is 12.8 Å². The van der Waals surface area contributed by atoms with Crippen molar-refractivity contribution in [3.05, 3.63) is 0 Å². The smallest absolute Gasteiger partial charge is 0.410 e. The first-order valence-corrected chi connectivity index (χ1v) is 6.62. The molecule has 0 N–H and O–H groups in total. The van der Waals surface area contributed by atoms with Crippen molar-refractivity contribution in [2.24, 2.45) is 11.8 Å². The van der Waals surface area contributed by atoms with Crippen LogP contribution in [-0.2, 0) is 14.3 Å². The number of ether oxygens (including phenoxy) is 2. The van der Waals surface area contributed by atoms with Gasteiger partial charge < -0.3 is 9.47 Å². The first kappa shape index (κ1) is 11.8. The molecular weight excluding hydrogens is 234 g/mol. The minimum atomic E-state index is -0.707. The molecule has 2 saturated carbocycles. The van der Waals surface area contributed by atoms with Gasteiger partial charge in [0.15, 0.2) is 0 Å². The SMILES string of the molecule is COC(=O)N1[C@H]2CCCC[C@H]2[C@@H]2C[C@@]21C(=O)OC. The molecule has 5 nitrogen and oxygen atoms in total. The maximum Gasteiger partial charge on any atom is 0.410 e. The van der Waals surface area contributed by atoms with E-state index in [1.54, 1.807) is 4.90 Å². The Labute approximate surface area is 106 Å². The summed E-state index contributed by atoms with van der Waals surface area (Å²) >= 11 is 0. The van der Waals surface area contributed by atoms with Crippen molar-refractivity contribution in [1.29, 1.82) is 0 Å². The van der Waals surface area contributed by atoms with Crippen LogP contribution in [0.5, 0.6) is 0 Å². The second-order valence-corrected chi connectivity index (χ2v) is 5.58. The zero-order chi connectivity index (χ0) is 12.9. The van der Waals surface area contributed by atoms with E-state index in [0.717, 1.165) is 25.7 Å². The normalized spacial score (nSPS) is 40.8. The molecule has 0 radical (unpaired) electrons. The van der Waals surface area contributed by atoms with Crippen LogP contribution in [0.15, 0.2) is 0 Å². The fraction of sp³-hybridized carbons (Fsp3) is 0.846. The van der Waals surface area contributed by atoms with Gasteiger partial charge in [-0.25, -0.2) is 9.59 Å². The maximum absolute atomic E-state index is 12.1. The van der Waals surface area contributed by atoms with E-state index in [1.165, 1.54) is 20.6 Å². The summed E-state index contributed by atoms with van der Waals surface area (Å²) in [5, 5.41) is 0. The number of piperidine rings is 1. The third kappa shape index (κ3) is 1.27. The van der Waals surface area contributed by atoms with Gasteiger partial charge in [-0.15, -0.1) is 0 Å². The summed E-state index contributed by atoms with van der Waals surface area (Å²) in [6, 6.07) is 0.170. The highest BCUT2D eigenvalue weighted by molar-refractivity contribution is 5.91. The van der Waals surface area contributed by atoms with Crippen molar-refractivity contribution < 1.29 is 19.1 Å². The topological polar surface area (TPSA) is 55.8 Å². The molecule has 3 fully saturated rings. The molecule has 3 aliphatic rings. The number of esters is 1. The molecule has 3 rings (SSSR count). The van der Waals surface area contributed by atoms with Gasteiger partial charge in [0.2, 0.25) is 0 Å². The lowest BCUT2D eigenvalue weighted by Gasteiger charge is -2.36. The molecule has 2 aliphatic carbocycles. The summed E-state index contributed by atoms with van der Waals surface area (Å²) < 4.78 is 9.80. The minimum absolute atomic E-state index is 0.170. The molecule has 0 aromatic heterocycles. The highest BCUT2D eigenvalue weighted by Crippen LogP contribution is 2.64. The van der Waals surface area contributed by atoms with E-state index in [4.69, 9.17) is 9.47 Å². The Morgan fingerprint density at radius 2 is 1.89 bits per heavy atom. The number of hydrogen-bond donors (Lipinski definition) is 0. The van der Waals surface area contributed by atoms with Crippen molar-refractivity contribution in [3.63, 3.8) is 0 Å². The fourth-order valence-electron chi connectivity index (χ4n) is 4.19. The monoisotopic (exact) mass is 253 g/mol. The lowest BCUT2D eigenvalue weighted by atomic mass is 9.83. The number of nitrogens with zero attached hydrogens (tertiary/aromatic N) is 1. The van der Waals surface area contributed by atoms with Gasteiger partial charge >= 0.3 is 12.1 Å². The summed E-state index contributed by atoms with van der Waals surface area (Å²) in [4.78, 5) is 25.8. The Morgan fingerprint density at radius 1 is 1.17 bits per heavy atom. The van der Waals surface area contributed by atoms with Gasteiger partial charge in [0.25, 0.3) is 0 Å². The Kier molecular flexibility index (Phi) is 2.54. The molecule has 0 bridgehead atoms. The van der Waals surface area contributed by atoms with Crippen LogP contribution in [0.3, 0.4) is 0 Å². The lowest BCUT2D eigenvalue weighted by Crippen LogP contribution is -2.51. The van der Waals surface area contributed by atoms with Gasteiger partial charge in [0.1, 0.15) is 5.54 Å². The summed E-state index contributed by atoms with van der Waals surface area (Å²) in [6.07, 6.45) is 4.78. The molecule has 100 valence electrons. The second kappa shape index (κ2) is 3.87. The number of methoxy groups -OCH3 is 2. The van der Waals surface area contributed by atoms with E-state index in [1.807, 2.05) is 0 Å². The highest BCUT2D eigenvalue weighted by Gasteiger charge is 2.76. The van der Waals surface area contributed by atoms with E-state index in [9.17, 15) is 9.59 Å². The predicted octanol–water partition coefficient (Wildman–Crippen LogP) is 1.56. The summed E-state index contributed by atoms with van der Waals surface area (Å²) in [6.45, 7) is 0. The molecular formula is C13H19NO4. The van der Waals surface area contributed by atoms with Crippen LogP contribution in [-0.4, -0.2) is 42.8 Å². The van der Waals surface area contributed by atoms with Crippen molar-refractivity contribution in [1.82, 2.24) is 4.90 Å². The summed E-state index contributed by atoms with van der Waals surface area (Å²) in [5.74, 6) is 0.471. The van der Waals surface area contributed by atoms with Crippen molar-refractivity contribution >= 4 is 12.1 Å². The van der Waals surface area contributed by atoms with Crippen LogP contribution < -0.4 is 0 Å². The molecule has 0 aromatic rings. The third-order valence-electron chi connectivity index (χ3n) is 4.95. The molecule has 0 unspecified atom stereocenters. The Morgan fingerprint density at radius 3 is 2.56 bits per heavy atom. The van der Waals surface area contributed by atoms with Gasteiger partial charge in [0, 0.05) is 12.0 Å². The Hall–Kier alpha value is -1.26. The quantitative estimate of drug-likeness (QED) is 0.665. The van der Waals surface area contributed by atoms with Crippen LogP contribution in [0.25, 0.3) is 0 Å². The minimum Gasteiger partial charge on any atom is -0.467 e. The zero-order valence-electron chi connectivity index (χ0n) is 10.8. The van der Waals surface area contributed by atoms with Crippen LogP contribution in [0, 0.1) is 11.8 Å². The molecule has 1 heterocycles. The second-order valence-electron chi connectivity index (χ2n) is 5.58. The number of carbonyl (C=O) groups excluding carboxylic acids is 2. The molecule has 4 atom stereocenters. The largest absolute Gasteiger partial charge is 0.467 e. The number of amides is 1. The van der Waals surface area contributed by atoms with Gasteiger partial charge in [-0.3, -0.25) is 4.90 Å². The van der Waals surface area contributed by atoms with Crippen LogP contribution in [0.1, 0.15) is 32.1 Å². The lowest BCUT2D eigenvalue weighted by molar-refractivity contribution is -0.148. The number of fused-ring (bicyclic) bond motifs is 3. The average molecular weight is 253 g/mol. The number of hydrogen-bond acceptors (Lipinski definition) is 4. The molecule has 0 aromatic carbocycles. The molecule has 1 aliphatic heterocycles. The van der Waals surface area contributed by atoms with E-state index in [0.29, 0.717) is 5.92 Å². The Bertz CT molecular complexity index is 396. The van der Waals surface area contributed by atoms with Gasteiger partial charge in [-0.2, -0.15) is 0 Å². The maximum atomic E-state index is 12.1. The van der Waals surface area contributed by atoms with Crippen LogP contribution in [0.2, 0.25) is 0 Å². The van der Waals surface area contributed by atoms with Crippen LogP contribution >= 0.6 is 0 Å². The van der Waals surface area contributed by atoms with Crippen molar-refractivity contribution in [2.45, 2.75) is 43.7 Å².